The van der Waals surface area contributed by atoms with Crippen molar-refractivity contribution in [2.75, 3.05) is 5.73 Å². The molecule has 0 unspecified atom stereocenters. The monoisotopic (exact) mass is 299 g/mol. The molecule has 4 nitrogen and oxygen atoms in total. The molecule has 5 heteroatoms. The highest BCUT2D eigenvalue weighted by atomic mass is 32.1. The van der Waals surface area contributed by atoms with Crippen molar-refractivity contribution in [2.45, 2.75) is 26.7 Å². The first-order valence-electron chi connectivity index (χ1n) is 6.82. The molecule has 0 aliphatic rings. The van der Waals surface area contributed by atoms with E-state index in [1.807, 2.05) is 30.5 Å². The Hall–Kier alpha value is -2.14. The minimum Gasteiger partial charge on any atom is -0.437 e. The van der Waals surface area contributed by atoms with E-state index < -0.39 is 0 Å². The number of nitrogen functional groups attached to an aromatic ring is 1. The number of nitrogens with zero attached hydrogens (tertiary/aromatic N) is 2. The quantitative estimate of drug-likeness (QED) is 0.723. The van der Waals surface area contributed by atoms with Crippen LogP contribution in [0, 0.1) is 6.92 Å². The van der Waals surface area contributed by atoms with Crippen LogP contribution >= 0.6 is 11.3 Å². The van der Waals surface area contributed by atoms with Gasteiger partial charge in [-0.05, 0) is 47.5 Å². The molecule has 0 atom stereocenters. The van der Waals surface area contributed by atoms with E-state index in [1.165, 1.54) is 6.33 Å². The molecule has 0 spiro atoms. The van der Waals surface area contributed by atoms with Gasteiger partial charge in [-0.1, -0.05) is 13.8 Å². The summed E-state index contributed by atoms with van der Waals surface area (Å²) >= 11 is 1.58. The van der Waals surface area contributed by atoms with Gasteiger partial charge in [0.25, 0.3) is 0 Å². The summed E-state index contributed by atoms with van der Waals surface area (Å²) in [5.74, 6) is 1.73. The van der Waals surface area contributed by atoms with E-state index in [1.54, 1.807) is 11.3 Å². The number of benzene rings is 1. The zero-order valence-corrected chi connectivity index (χ0v) is 13.1. The lowest BCUT2D eigenvalue weighted by Crippen LogP contribution is -1.99. The molecule has 0 aliphatic carbocycles. The highest BCUT2D eigenvalue weighted by Crippen LogP contribution is 2.36. The topological polar surface area (TPSA) is 61.0 Å². The Labute approximate surface area is 127 Å². The summed E-state index contributed by atoms with van der Waals surface area (Å²) in [6, 6.07) is 5.93. The Morgan fingerprint density at radius 2 is 2.05 bits per heavy atom. The molecule has 0 saturated heterocycles. The van der Waals surface area contributed by atoms with Crippen LogP contribution in [0.15, 0.2) is 29.9 Å². The highest BCUT2D eigenvalue weighted by Gasteiger charge is 2.14. The molecule has 0 aliphatic heterocycles. The van der Waals surface area contributed by atoms with Crippen LogP contribution in [0.4, 0.5) is 5.69 Å². The standard InChI is InChI=1S/C16H17N3OS/c1-9(2)11-7-12(17)10(3)6-14(11)20-16-15-13(4-5-21-15)18-8-19-16/h4-9H,17H2,1-3H3. The molecular weight excluding hydrogens is 282 g/mol. The van der Waals surface area contributed by atoms with E-state index in [9.17, 15) is 0 Å². The van der Waals surface area contributed by atoms with Crippen molar-refractivity contribution in [3.63, 3.8) is 0 Å². The summed E-state index contributed by atoms with van der Waals surface area (Å²) < 4.78 is 7.04. The largest absolute Gasteiger partial charge is 0.437 e. The second-order valence-corrected chi connectivity index (χ2v) is 6.23. The van der Waals surface area contributed by atoms with E-state index in [0.717, 1.165) is 32.8 Å². The van der Waals surface area contributed by atoms with Crippen LogP contribution < -0.4 is 10.5 Å². The lowest BCUT2D eigenvalue weighted by atomic mass is 9.99. The first kappa shape index (κ1) is 13.8. The molecule has 0 saturated carbocycles. The van der Waals surface area contributed by atoms with E-state index in [2.05, 4.69) is 23.8 Å². The smallest absolute Gasteiger partial charge is 0.240 e. The van der Waals surface area contributed by atoms with Crippen LogP contribution in [0.5, 0.6) is 11.6 Å². The van der Waals surface area contributed by atoms with E-state index in [4.69, 9.17) is 10.5 Å². The number of hydrogen-bond donors (Lipinski definition) is 1. The summed E-state index contributed by atoms with van der Waals surface area (Å²) in [6.07, 6.45) is 1.53. The molecule has 2 heterocycles. The Morgan fingerprint density at radius 1 is 1.24 bits per heavy atom. The van der Waals surface area contributed by atoms with Crippen molar-refractivity contribution in [2.24, 2.45) is 0 Å². The zero-order chi connectivity index (χ0) is 15.0. The summed E-state index contributed by atoms with van der Waals surface area (Å²) in [6.45, 7) is 6.22. The third-order valence-corrected chi connectivity index (χ3v) is 4.33. The van der Waals surface area contributed by atoms with Gasteiger partial charge >= 0.3 is 0 Å². The number of hydrogen-bond acceptors (Lipinski definition) is 5. The molecule has 3 rings (SSSR count). The number of ether oxygens (including phenoxy) is 1. The molecule has 0 amide bonds. The van der Waals surface area contributed by atoms with Gasteiger partial charge in [0.15, 0.2) is 0 Å². The Morgan fingerprint density at radius 3 is 2.81 bits per heavy atom. The zero-order valence-electron chi connectivity index (χ0n) is 12.3. The van der Waals surface area contributed by atoms with Crippen LogP contribution in [0.3, 0.4) is 0 Å². The van der Waals surface area contributed by atoms with E-state index in [0.29, 0.717) is 11.8 Å². The maximum absolute atomic E-state index is 6.08. The van der Waals surface area contributed by atoms with Crippen molar-refractivity contribution >= 4 is 27.2 Å². The molecule has 21 heavy (non-hydrogen) atoms. The lowest BCUT2D eigenvalue weighted by molar-refractivity contribution is 0.460. The maximum atomic E-state index is 6.08. The fourth-order valence-corrected chi connectivity index (χ4v) is 2.97. The average Bonchev–Trinajstić information content (AvgIpc) is 2.91. The average molecular weight is 299 g/mol. The Kier molecular flexibility index (Phi) is 3.51. The minimum absolute atomic E-state index is 0.323. The minimum atomic E-state index is 0.323. The number of rotatable bonds is 3. The fraction of sp³-hybridized carbons (Fsp3) is 0.250. The van der Waals surface area contributed by atoms with Gasteiger partial charge in [-0.15, -0.1) is 11.3 Å². The van der Waals surface area contributed by atoms with Gasteiger partial charge < -0.3 is 10.5 Å². The summed E-state index contributed by atoms with van der Waals surface area (Å²) in [5.41, 5.74) is 9.80. The molecule has 2 aromatic heterocycles. The molecule has 3 aromatic rings. The number of aryl methyl sites for hydroxylation is 1. The van der Waals surface area contributed by atoms with Gasteiger partial charge in [0.1, 0.15) is 16.8 Å². The highest BCUT2D eigenvalue weighted by molar-refractivity contribution is 7.17. The maximum Gasteiger partial charge on any atom is 0.240 e. The van der Waals surface area contributed by atoms with Gasteiger partial charge in [-0.2, -0.15) is 0 Å². The second kappa shape index (κ2) is 5.33. The molecular formula is C16H17N3OS. The molecule has 108 valence electrons. The van der Waals surface area contributed by atoms with Crippen molar-refractivity contribution in [1.82, 2.24) is 9.97 Å². The summed E-state index contributed by atoms with van der Waals surface area (Å²) in [7, 11) is 0. The Balaban J connectivity index is 2.09. The molecule has 0 radical (unpaired) electrons. The normalized spacial score (nSPS) is 11.2. The van der Waals surface area contributed by atoms with Gasteiger partial charge in [0, 0.05) is 5.69 Å². The molecule has 1 aromatic carbocycles. The molecule has 2 N–H and O–H groups in total. The van der Waals surface area contributed by atoms with Crippen molar-refractivity contribution in [3.05, 3.63) is 41.0 Å². The predicted octanol–water partition coefficient (Wildman–Crippen LogP) is 4.50. The predicted molar refractivity (Wildman–Crippen MR) is 87.2 cm³/mol. The lowest BCUT2D eigenvalue weighted by Gasteiger charge is -2.15. The van der Waals surface area contributed by atoms with Gasteiger partial charge in [-0.25, -0.2) is 9.97 Å². The third-order valence-electron chi connectivity index (χ3n) is 3.44. The Bertz CT molecular complexity index is 795. The SMILES string of the molecule is Cc1cc(Oc2ncnc3ccsc23)c(C(C)C)cc1N. The molecule has 0 fully saturated rings. The van der Waals surface area contributed by atoms with E-state index >= 15 is 0 Å². The number of nitrogens with two attached hydrogens (primary N) is 1. The number of thiophene rings is 1. The number of anilines is 1. The van der Waals surface area contributed by atoms with Crippen LogP contribution in [0.2, 0.25) is 0 Å². The van der Waals surface area contributed by atoms with Crippen LogP contribution in [-0.4, -0.2) is 9.97 Å². The summed E-state index contributed by atoms with van der Waals surface area (Å²) in [4.78, 5) is 8.50. The first-order valence-corrected chi connectivity index (χ1v) is 7.70. The van der Waals surface area contributed by atoms with Gasteiger partial charge in [0.05, 0.1) is 5.52 Å². The van der Waals surface area contributed by atoms with Crippen LogP contribution in [-0.2, 0) is 0 Å². The molecule has 0 bridgehead atoms. The van der Waals surface area contributed by atoms with E-state index in [-0.39, 0.29) is 0 Å². The van der Waals surface area contributed by atoms with Crippen LogP contribution in [0.1, 0.15) is 30.9 Å². The second-order valence-electron chi connectivity index (χ2n) is 5.32. The summed E-state index contributed by atoms with van der Waals surface area (Å²) in [5, 5.41) is 1.99. The van der Waals surface area contributed by atoms with Crippen molar-refractivity contribution in [3.8, 4) is 11.6 Å². The van der Waals surface area contributed by atoms with Gasteiger partial charge in [-0.3, -0.25) is 0 Å². The van der Waals surface area contributed by atoms with Gasteiger partial charge in [0.2, 0.25) is 5.88 Å². The fourth-order valence-electron chi connectivity index (χ4n) is 2.20. The van der Waals surface area contributed by atoms with Crippen molar-refractivity contribution in [1.29, 1.82) is 0 Å². The van der Waals surface area contributed by atoms with Crippen LogP contribution in [0.25, 0.3) is 10.2 Å². The first-order chi connectivity index (χ1) is 10.1. The number of fused-ring (bicyclic) bond motifs is 1. The third kappa shape index (κ3) is 2.56. The number of aromatic nitrogens is 2. The van der Waals surface area contributed by atoms with Crippen molar-refractivity contribution < 1.29 is 4.74 Å².